The summed E-state index contributed by atoms with van der Waals surface area (Å²) in [4.78, 5) is 39.4. The third kappa shape index (κ3) is 2.39. The van der Waals surface area contributed by atoms with E-state index < -0.39 is 29.4 Å². The van der Waals surface area contributed by atoms with Crippen LogP contribution in [0.1, 0.15) is 25.5 Å². The zero-order chi connectivity index (χ0) is 18.5. The minimum absolute atomic E-state index is 0.243. The van der Waals surface area contributed by atoms with Crippen molar-refractivity contribution in [1.82, 2.24) is 10.2 Å². The average molecular weight is 365 g/mol. The van der Waals surface area contributed by atoms with E-state index >= 15 is 0 Å². The zero-order valence-corrected chi connectivity index (χ0v) is 15.3. The monoisotopic (exact) mass is 364 g/mol. The lowest BCUT2D eigenvalue weighted by molar-refractivity contribution is -0.156. The van der Waals surface area contributed by atoms with E-state index in [0.29, 0.717) is 5.02 Å². The Kier molecular flexibility index (Phi) is 4.37. The SMILES string of the molecule is COC(=O)C1(C(C)C)NC(c2ccc(Cl)cc2)C2C(=O)N(C)C(=O)C21. The first-order chi connectivity index (χ1) is 11.8. The van der Waals surface area contributed by atoms with Crippen LogP contribution in [-0.4, -0.2) is 42.4 Å². The number of amides is 2. The molecule has 0 aliphatic carbocycles. The van der Waals surface area contributed by atoms with E-state index in [0.717, 1.165) is 10.5 Å². The summed E-state index contributed by atoms with van der Waals surface area (Å²) in [5, 5.41) is 3.86. The molecule has 4 unspecified atom stereocenters. The maximum absolute atomic E-state index is 12.8. The normalized spacial score (nSPS) is 31.6. The number of nitrogens with one attached hydrogen (secondary N) is 1. The summed E-state index contributed by atoms with van der Waals surface area (Å²) in [6.07, 6.45) is 0. The molecule has 1 N–H and O–H groups in total. The number of hydrogen-bond acceptors (Lipinski definition) is 5. The highest BCUT2D eigenvalue weighted by Crippen LogP contribution is 2.51. The van der Waals surface area contributed by atoms with E-state index in [1.165, 1.54) is 14.2 Å². The van der Waals surface area contributed by atoms with Gasteiger partial charge in [-0.2, -0.15) is 0 Å². The minimum Gasteiger partial charge on any atom is -0.468 e. The fourth-order valence-electron chi connectivity index (χ4n) is 4.16. The van der Waals surface area contributed by atoms with Gasteiger partial charge in [0.25, 0.3) is 0 Å². The van der Waals surface area contributed by atoms with E-state index in [2.05, 4.69) is 5.32 Å². The highest BCUT2D eigenvalue weighted by atomic mass is 35.5. The van der Waals surface area contributed by atoms with Gasteiger partial charge in [-0.15, -0.1) is 0 Å². The van der Waals surface area contributed by atoms with Crippen LogP contribution in [-0.2, 0) is 19.1 Å². The molecule has 134 valence electrons. The van der Waals surface area contributed by atoms with Crippen molar-refractivity contribution in [3.63, 3.8) is 0 Å². The molecule has 7 heteroatoms. The van der Waals surface area contributed by atoms with Gasteiger partial charge in [0.2, 0.25) is 11.8 Å². The number of ether oxygens (including phenoxy) is 1. The van der Waals surface area contributed by atoms with Crippen LogP contribution in [0.15, 0.2) is 24.3 Å². The summed E-state index contributed by atoms with van der Waals surface area (Å²) in [5.41, 5.74) is -0.441. The summed E-state index contributed by atoms with van der Waals surface area (Å²) in [7, 11) is 2.76. The Labute approximate surface area is 151 Å². The molecule has 2 amide bonds. The summed E-state index contributed by atoms with van der Waals surface area (Å²) >= 11 is 5.96. The number of halogens is 1. The van der Waals surface area contributed by atoms with Gasteiger partial charge in [0.15, 0.2) is 0 Å². The number of carbonyl (C=O) groups is 3. The molecule has 0 saturated carbocycles. The quantitative estimate of drug-likeness (QED) is 0.653. The Balaban J connectivity index is 2.17. The molecule has 2 aliphatic rings. The summed E-state index contributed by atoms with van der Waals surface area (Å²) in [5.74, 6) is -2.84. The predicted molar refractivity (Wildman–Crippen MR) is 91.7 cm³/mol. The van der Waals surface area contributed by atoms with Crippen LogP contribution in [0, 0.1) is 17.8 Å². The molecular weight excluding hydrogens is 344 g/mol. The number of fused-ring (bicyclic) bond motifs is 1. The van der Waals surface area contributed by atoms with Crippen molar-refractivity contribution in [2.24, 2.45) is 17.8 Å². The highest BCUT2D eigenvalue weighted by molar-refractivity contribution is 6.30. The molecule has 6 nitrogen and oxygen atoms in total. The van der Waals surface area contributed by atoms with E-state index in [-0.39, 0.29) is 17.7 Å². The lowest BCUT2D eigenvalue weighted by atomic mass is 9.73. The first-order valence-corrected chi connectivity index (χ1v) is 8.56. The van der Waals surface area contributed by atoms with E-state index in [1.54, 1.807) is 24.3 Å². The number of nitrogens with zero attached hydrogens (tertiary/aromatic N) is 1. The van der Waals surface area contributed by atoms with Gasteiger partial charge in [0, 0.05) is 18.1 Å². The molecule has 0 aromatic heterocycles. The number of rotatable bonds is 3. The van der Waals surface area contributed by atoms with Gasteiger partial charge in [-0.25, -0.2) is 0 Å². The number of likely N-dealkylation sites (tertiary alicyclic amines) is 1. The molecule has 2 saturated heterocycles. The third-order valence-corrected chi connectivity index (χ3v) is 5.73. The van der Waals surface area contributed by atoms with Crippen LogP contribution in [0.4, 0.5) is 0 Å². The number of esters is 1. The molecule has 2 fully saturated rings. The van der Waals surface area contributed by atoms with Crippen LogP contribution in [0.2, 0.25) is 5.02 Å². The Morgan fingerprint density at radius 1 is 1.24 bits per heavy atom. The lowest BCUT2D eigenvalue weighted by Gasteiger charge is -2.35. The first kappa shape index (κ1) is 17.9. The number of hydrogen-bond donors (Lipinski definition) is 1. The van der Waals surface area contributed by atoms with Crippen molar-refractivity contribution >= 4 is 29.4 Å². The lowest BCUT2D eigenvalue weighted by Crippen LogP contribution is -2.59. The fourth-order valence-corrected chi connectivity index (χ4v) is 4.29. The molecule has 25 heavy (non-hydrogen) atoms. The third-order valence-electron chi connectivity index (χ3n) is 5.48. The van der Waals surface area contributed by atoms with E-state index in [1.807, 2.05) is 13.8 Å². The second-order valence-corrected chi connectivity index (χ2v) is 7.36. The maximum Gasteiger partial charge on any atom is 0.327 e. The van der Waals surface area contributed by atoms with Gasteiger partial charge in [-0.3, -0.25) is 24.6 Å². The second-order valence-electron chi connectivity index (χ2n) is 6.93. The van der Waals surface area contributed by atoms with Crippen LogP contribution in [0.3, 0.4) is 0 Å². The van der Waals surface area contributed by atoms with Crippen molar-refractivity contribution in [2.75, 3.05) is 14.2 Å². The van der Waals surface area contributed by atoms with Crippen molar-refractivity contribution in [2.45, 2.75) is 25.4 Å². The molecule has 4 atom stereocenters. The maximum atomic E-state index is 12.8. The number of carbonyl (C=O) groups excluding carboxylic acids is 3. The number of imide groups is 1. The number of benzene rings is 1. The van der Waals surface area contributed by atoms with Gasteiger partial charge in [0.1, 0.15) is 5.54 Å². The van der Waals surface area contributed by atoms with Crippen LogP contribution in [0.5, 0.6) is 0 Å². The van der Waals surface area contributed by atoms with Crippen molar-refractivity contribution in [1.29, 1.82) is 0 Å². The van der Waals surface area contributed by atoms with Gasteiger partial charge in [-0.1, -0.05) is 37.6 Å². The summed E-state index contributed by atoms with van der Waals surface area (Å²) in [6, 6.07) is 6.60. The predicted octanol–water partition coefficient (Wildman–Crippen LogP) is 1.78. The molecule has 1 aromatic carbocycles. The fraction of sp³-hybridized carbons (Fsp3) is 0.500. The molecule has 0 bridgehead atoms. The minimum atomic E-state index is -1.25. The van der Waals surface area contributed by atoms with Gasteiger partial charge >= 0.3 is 5.97 Å². The van der Waals surface area contributed by atoms with Crippen LogP contribution >= 0.6 is 11.6 Å². The van der Waals surface area contributed by atoms with Crippen molar-refractivity contribution < 1.29 is 19.1 Å². The molecule has 3 rings (SSSR count). The number of methoxy groups -OCH3 is 1. The van der Waals surface area contributed by atoms with Crippen molar-refractivity contribution in [3.05, 3.63) is 34.9 Å². The molecule has 2 aliphatic heterocycles. The first-order valence-electron chi connectivity index (χ1n) is 8.18. The molecular formula is C18H21ClN2O4. The van der Waals surface area contributed by atoms with Gasteiger partial charge in [-0.05, 0) is 23.6 Å². The Morgan fingerprint density at radius 3 is 2.36 bits per heavy atom. The molecule has 0 spiro atoms. The summed E-state index contributed by atoms with van der Waals surface area (Å²) in [6.45, 7) is 3.70. The molecule has 1 aromatic rings. The van der Waals surface area contributed by atoms with Crippen molar-refractivity contribution in [3.8, 4) is 0 Å². The standard InChI is InChI=1S/C18H21ClN2O4/c1-9(2)18(17(24)25-4)13-12(15(22)21(3)16(13)23)14(20-18)10-5-7-11(19)8-6-10/h5-9,12-14,20H,1-4H3. The van der Waals surface area contributed by atoms with Crippen LogP contribution < -0.4 is 5.32 Å². The zero-order valence-electron chi connectivity index (χ0n) is 14.6. The summed E-state index contributed by atoms with van der Waals surface area (Å²) < 4.78 is 5.02. The second kappa shape index (κ2) is 6.11. The van der Waals surface area contributed by atoms with E-state index in [4.69, 9.17) is 16.3 Å². The Morgan fingerprint density at radius 2 is 1.84 bits per heavy atom. The van der Waals surface area contributed by atoms with Gasteiger partial charge < -0.3 is 4.74 Å². The van der Waals surface area contributed by atoms with Crippen LogP contribution in [0.25, 0.3) is 0 Å². The molecule has 2 heterocycles. The average Bonchev–Trinajstić information content (AvgIpc) is 3.06. The Bertz CT molecular complexity index is 733. The van der Waals surface area contributed by atoms with E-state index in [9.17, 15) is 14.4 Å². The van der Waals surface area contributed by atoms with Gasteiger partial charge in [0.05, 0.1) is 18.9 Å². The highest BCUT2D eigenvalue weighted by Gasteiger charge is 2.69. The molecule has 0 radical (unpaired) electrons. The largest absolute Gasteiger partial charge is 0.468 e. The Hall–Kier alpha value is -1.92. The topological polar surface area (TPSA) is 75.7 Å². The smallest absolute Gasteiger partial charge is 0.327 e.